The molecular weight excluding hydrogens is 340 g/mol. The maximum atomic E-state index is 12.8. The predicted molar refractivity (Wildman–Crippen MR) is 104 cm³/mol. The summed E-state index contributed by atoms with van der Waals surface area (Å²) in [7, 11) is 1.79. The van der Waals surface area contributed by atoms with Crippen LogP contribution in [0.15, 0.2) is 59.4 Å². The number of para-hydroxylation sites is 1. The first-order chi connectivity index (χ1) is 13.0. The van der Waals surface area contributed by atoms with Crippen LogP contribution < -0.4 is 10.9 Å². The van der Waals surface area contributed by atoms with E-state index in [4.69, 9.17) is 5.26 Å². The van der Waals surface area contributed by atoms with Crippen LogP contribution in [0.3, 0.4) is 0 Å². The Labute approximate surface area is 157 Å². The summed E-state index contributed by atoms with van der Waals surface area (Å²) in [5.74, 6) is -0.217. The normalized spacial score (nSPS) is 10.4. The molecule has 6 heteroatoms. The van der Waals surface area contributed by atoms with Crippen molar-refractivity contribution in [2.45, 2.75) is 19.8 Å². The van der Waals surface area contributed by atoms with Crippen molar-refractivity contribution in [1.29, 1.82) is 5.26 Å². The van der Waals surface area contributed by atoms with E-state index in [0.717, 1.165) is 11.3 Å². The molecule has 3 rings (SSSR count). The summed E-state index contributed by atoms with van der Waals surface area (Å²) in [5.41, 5.74) is 3.03. The minimum atomic E-state index is -0.257. The SMILES string of the molecule is Cc1c(NC(=O)CCc2ccc(C#N)cc2)c(=O)n(-c2ccccc2)n1C. The molecule has 0 bridgehead atoms. The number of benzene rings is 2. The molecule has 0 radical (unpaired) electrons. The van der Waals surface area contributed by atoms with E-state index >= 15 is 0 Å². The van der Waals surface area contributed by atoms with Gasteiger partial charge in [0.15, 0.2) is 0 Å². The number of carbonyl (C=O) groups is 1. The summed E-state index contributed by atoms with van der Waals surface area (Å²) in [6.45, 7) is 1.80. The summed E-state index contributed by atoms with van der Waals surface area (Å²) in [6, 6.07) is 18.5. The number of nitriles is 1. The molecule has 27 heavy (non-hydrogen) atoms. The molecule has 0 aliphatic heterocycles. The minimum absolute atomic E-state index is 0.217. The third kappa shape index (κ3) is 3.82. The van der Waals surface area contributed by atoms with Crippen LogP contribution in [-0.2, 0) is 18.3 Å². The van der Waals surface area contributed by atoms with Gasteiger partial charge in [0.2, 0.25) is 5.91 Å². The van der Waals surface area contributed by atoms with Crippen LogP contribution in [0.4, 0.5) is 5.69 Å². The first-order valence-electron chi connectivity index (χ1n) is 8.64. The maximum Gasteiger partial charge on any atom is 0.295 e. The standard InChI is InChI=1S/C21H20N4O2/c1-15-20(21(27)25(24(15)2)18-6-4-3-5-7-18)23-19(26)13-12-16-8-10-17(14-22)11-9-16/h3-11H,12-13H2,1-2H3,(H,23,26). The number of aryl methyl sites for hydroxylation is 1. The molecule has 1 aromatic heterocycles. The second kappa shape index (κ2) is 7.75. The van der Waals surface area contributed by atoms with Gasteiger partial charge in [0.1, 0.15) is 5.69 Å². The molecular formula is C21H20N4O2. The van der Waals surface area contributed by atoms with Gasteiger partial charge >= 0.3 is 0 Å². The lowest BCUT2D eigenvalue weighted by Crippen LogP contribution is -2.23. The van der Waals surface area contributed by atoms with Gasteiger partial charge in [-0.3, -0.25) is 14.3 Å². The van der Waals surface area contributed by atoms with Crippen LogP contribution in [0.5, 0.6) is 0 Å². The van der Waals surface area contributed by atoms with E-state index in [0.29, 0.717) is 23.4 Å². The quantitative estimate of drug-likeness (QED) is 0.760. The van der Waals surface area contributed by atoms with Crippen molar-refractivity contribution in [2.24, 2.45) is 7.05 Å². The van der Waals surface area contributed by atoms with Crippen molar-refractivity contribution in [3.63, 3.8) is 0 Å². The average Bonchev–Trinajstić information content (AvgIpc) is 2.90. The number of aromatic nitrogens is 2. The molecule has 1 amide bonds. The molecule has 0 aliphatic rings. The Morgan fingerprint density at radius 2 is 1.78 bits per heavy atom. The van der Waals surface area contributed by atoms with Gasteiger partial charge in [-0.15, -0.1) is 0 Å². The van der Waals surface area contributed by atoms with Gasteiger partial charge in [0.05, 0.1) is 23.0 Å². The molecule has 136 valence electrons. The number of anilines is 1. The topological polar surface area (TPSA) is 79.8 Å². The van der Waals surface area contributed by atoms with Crippen molar-refractivity contribution in [1.82, 2.24) is 9.36 Å². The number of hydrogen-bond acceptors (Lipinski definition) is 3. The first-order valence-corrected chi connectivity index (χ1v) is 8.64. The smallest absolute Gasteiger partial charge is 0.295 e. The zero-order valence-electron chi connectivity index (χ0n) is 15.3. The van der Waals surface area contributed by atoms with Crippen LogP contribution in [0.2, 0.25) is 0 Å². The van der Waals surface area contributed by atoms with Crippen LogP contribution in [0.25, 0.3) is 5.69 Å². The van der Waals surface area contributed by atoms with Crippen LogP contribution in [0.1, 0.15) is 23.2 Å². The van der Waals surface area contributed by atoms with Gasteiger partial charge in [-0.1, -0.05) is 30.3 Å². The Bertz CT molecular complexity index is 1050. The van der Waals surface area contributed by atoms with Gasteiger partial charge in [-0.05, 0) is 43.2 Å². The number of rotatable bonds is 5. The van der Waals surface area contributed by atoms with E-state index in [1.54, 1.807) is 30.8 Å². The number of amides is 1. The van der Waals surface area contributed by atoms with Gasteiger partial charge in [-0.25, -0.2) is 4.68 Å². The molecule has 0 unspecified atom stereocenters. The maximum absolute atomic E-state index is 12.8. The summed E-state index contributed by atoms with van der Waals surface area (Å²) in [5, 5.41) is 11.6. The molecule has 3 aromatic rings. The van der Waals surface area contributed by atoms with Gasteiger partial charge in [-0.2, -0.15) is 5.26 Å². The van der Waals surface area contributed by atoms with Gasteiger partial charge in [0, 0.05) is 13.5 Å². The van der Waals surface area contributed by atoms with Crippen molar-refractivity contribution in [2.75, 3.05) is 5.32 Å². The third-order valence-corrected chi connectivity index (χ3v) is 4.54. The summed E-state index contributed by atoms with van der Waals surface area (Å²) >= 11 is 0. The van der Waals surface area contributed by atoms with Crippen LogP contribution >= 0.6 is 0 Å². The molecule has 2 aromatic carbocycles. The summed E-state index contributed by atoms with van der Waals surface area (Å²) in [6.07, 6.45) is 0.793. The van der Waals surface area contributed by atoms with E-state index in [9.17, 15) is 9.59 Å². The highest BCUT2D eigenvalue weighted by Crippen LogP contribution is 2.14. The van der Waals surface area contributed by atoms with Gasteiger partial charge in [0.25, 0.3) is 5.56 Å². The summed E-state index contributed by atoms with van der Waals surface area (Å²) in [4.78, 5) is 25.1. The summed E-state index contributed by atoms with van der Waals surface area (Å²) < 4.78 is 3.26. The van der Waals surface area contributed by atoms with E-state index < -0.39 is 0 Å². The zero-order chi connectivity index (χ0) is 19.4. The molecule has 0 saturated carbocycles. The predicted octanol–water partition coefficient (Wildman–Crippen LogP) is 2.93. The lowest BCUT2D eigenvalue weighted by Gasteiger charge is -2.07. The fraction of sp³-hybridized carbons (Fsp3) is 0.190. The second-order valence-corrected chi connectivity index (χ2v) is 6.29. The van der Waals surface area contributed by atoms with Crippen molar-refractivity contribution in [3.8, 4) is 11.8 Å². The Morgan fingerprint density at radius 3 is 2.41 bits per heavy atom. The number of nitrogens with one attached hydrogen (secondary N) is 1. The Kier molecular flexibility index (Phi) is 5.23. The largest absolute Gasteiger partial charge is 0.320 e. The molecule has 1 heterocycles. The number of nitrogens with zero attached hydrogens (tertiary/aromatic N) is 3. The Hall–Kier alpha value is -3.59. The third-order valence-electron chi connectivity index (χ3n) is 4.54. The lowest BCUT2D eigenvalue weighted by atomic mass is 10.1. The monoisotopic (exact) mass is 360 g/mol. The molecule has 0 atom stereocenters. The van der Waals surface area contributed by atoms with E-state index in [1.807, 2.05) is 42.5 Å². The van der Waals surface area contributed by atoms with Crippen LogP contribution in [-0.4, -0.2) is 15.3 Å². The average molecular weight is 360 g/mol. The second-order valence-electron chi connectivity index (χ2n) is 6.29. The fourth-order valence-electron chi connectivity index (χ4n) is 2.92. The molecule has 0 aliphatic carbocycles. The Morgan fingerprint density at radius 1 is 1.11 bits per heavy atom. The fourth-order valence-corrected chi connectivity index (χ4v) is 2.92. The highest BCUT2D eigenvalue weighted by atomic mass is 16.2. The van der Waals surface area contributed by atoms with Crippen molar-refractivity contribution >= 4 is 11.6 Å². The molecule has 0 spiro atoms. The van der Waals surface area contributed by atoms with Gasteiger partial charge < -0.3 is 5.32 Å². The zero-order valence-corrected chi connectivity index (χ0v) is 15.3. The number of hydrogen-bond donors (Lipinski definition) is 1. The number of carbonyl (C=O) groups excluding carboxylic acids is 1. The minimum Gasteiger partial charge on any atom is -0.320 e. The van der Waals surface area contributed by atoms with Crippen molar-refractivity contribution < 1.29 is 4.79 Å². The highest BCUT2D eigenvalue weighted by Gasteiger charge is 2.17. The molecule has 6 nitrogen and oxygen atoms in total. The van der Waals surface area contributed by atoms with E-state index in [2.05, 4.69) is 11.4 Å². The van der Waals surface area contributed by atoms with Crippen LogP contribution in [0, 0.1) is 18.3 Å². The molecule has 0 saturated heterocycles. The molecule has 0 fully saturated rings. The van der Waals surface area contributed by atoms with E-state index in [1.165, 1.54) is 4.68 Å². The highest BCUT2D eigenvalue weighted by molar-refractivity contribution is 5.91. The lowest BCUT2D eigenvalue weighted by molar-refractivity contribution is -0.116. The van der Waals surface area contributed by atoms with Crippen molar-refractivity contribution in [3.05, 3.63) is 81.8 Å². The molecule has 1 N–H and O–H groups in total. The first kappa shape index (κ1) is 18.2. The van der Waals surface area contributed by atoms with E-state index in [-0.39, 0.29) is 17.9 Å². The Balaban J connectivity index is 1.74.